The van der Waals surface area contributed by atoms with E-state index in [0.717, 1.165) is 24.9 Å². The molecule has 1 N–H and O–H groups in total. The van der Waals surface area contributed by atoms with Crippen LogP contribution in [0.3, 0.4) is 0 Å². The highest BCUT2D eigenvalue weighted by molar-refractivity contribution is 5.84. The molecule has 1 aromatic rings. The molecule has 1 heterocycles. The average molecular weight is 289 g/mol. The van der Waals surface area contributed by atoms with Crippen LogP contribution in [0.5, 0.6) is 0 Å². The minimum atomic E-state index is -0.332. The summed E-state index contributed by atoms with van der Waals surface area (Å²) in [6, 6.07) is 10.1. The summed E-state index contributed by atoms with van der Waals surface area (Å²) < 4.78 is 0. The number of rotatable bonds is 5. The number of aliphatic hydroxyl groups is 1. The third-order valence-corrected chi connectivity index (χ3v) is 4.86. The van der Waals surface area contributed by atoms with Gasteiger partial charge in [0.05, 0.1) is 12.0 Å². The second-order valence-corrected chi connectivity index (χ2v) is 6.35. The molecule has 1 amide bonds. The van der Waals surface area contributed by atoms with Crippen LogP contribution in [0.1, 0.15) is 45.1 Å². The van der Waals surface area contributed by atoms with Crippen molar-refractivity contribution in [3.8, 4) is 0 Å². The lowest BCUT2D eigenvalue weighted by Gasteiger charge is -2.28. The molecule has 2 rings (SSSR count). The topological polar surface area (TPSA) is 40.5 Å². The lowest BCUT2D eigenvalue weighted by atomic mass is 9.84. The average Bonchev–Trinajstić information content (AvgIpc) is 2.98. The lowest BCUT2D eigenvalue weighted by molar-refractivity contribution is -0.133. The van der Waals surface area contributed by atoms with E-state index in [0.29, 0.717) is 12.5 Å². The molecule has 4 unspecified atom stereocenters. The second-order valence-electron chi connectivity index (χ2n) is 6.35. The van der Waals surface area contributed by atoms with Gasteiger partial charge in [-0.3, -0.25) is 4.79 Å². The molecule has 1 saturated heterocycles. The zero-order chi connectivity index (χ0) is 15.4. The van der Waals surface area contributed by atoms with Crippen molar-refractivity contribution in [2.24, 2.45) is 11.8 Å². The summed E-state index contributed by atoms with van der Waals surface area (Å²) in [5.74, 6) is 0.704. The number of likely N-dealkylation sites (tertiary alicyclic amines) is 1. The van der Waals surface area contributed by atoms with Gasteiger partial charge in [0.1, 0.15) is 0 Å². The number of nitrogens with zero attached hydrogens (tertiary/aromatic N) is 1. The number of amides is 1. The maximum Gasteiger partial charge on any atom is 0.230 e. The van der Waals surface area contributed by atoms with Crippen LogP contribution in [-0.2, 0) is 4.79 Å². The Bertz CT molecular complexity index is 458. The molecule has 21 heavy (non-hydrogen) atoms. The van der Waals surface area contributed by atoms with E-state index in [-0.39, 0.29) is 23.8 Å². The summed E-state index contributed by atoms with van der Waals surface area (Å²) in [6.45, 7) is 7.57. The van der Waals surface area contributed by atoms with Crippen molar-refractivity contribution in [1.29, 1.82) is 0 Å². The van der Waals surface area contributed by atoms with Gasteiger partial charge in [-0.2, -0.15) is 0 Å². The molecule has 0 saturated carbocycles. The Balaban J connectivity index is 2.16. The van der Waals surface area contributed by atoms with Gasteiger partial charge in [-0.05, 0) is 24.8 Å². The zero-order valence-corrected chi connectivity index (χ0v) is 13.3. The molecule has 1 fully saturated rings. The molecular weight excluding hydrogens is 262 g/mol. The first-order valence-electron chi connectivity index (χ1n) is 8.06. The summed E-state index contributed by atoms with van der Waals surface area (Å²) >= 11 is 0. The van der Waals surface area contributed by atoms with E-state index < -0.39 is 0 Å². The highest BCUT2D eigenvalue weighted by Crippen LogP contribution is 2.31. The molecule has 1 aliphatic rings. The van der Waals surface area contributed by atoms with Gasteiger partial charge in [0.2, 0.25) is 5.91 Å². The fraction of sp³-hybridized carbons (Fsp3) is 0.611. The molecule has 0 bridgehead atoms. The van der Waals surface area contributed by atoms with Crippen molar-refractivity contribution in [1.82, 2.24) is 4.90 Å². The molecule has 0 radical (unpaired) electrons. The highest BCUT2D eigenvalue weighted by Gasteiger charge is 2.35. The van der Waals surface area contributed by atoms with E-state index in [1.807, 2.05) is 30.0 Å². The maximum absolute atomic E-state index is 13.0. The summed E-state index contributed by atoms with van der Waals surface area (Å²) in [5, 5.41) is 9.72. The van der Waals surface area contributed by atoms with Gasteiger partial charge in [0.15, 0.2) is 0 Å². The van der Waals surface area contributed by atoms with Gasteiger partial charge in [-0.15, -0.1) is 0 Å². The molecule has 116 valence electrons. The minimum absolute atomic E-state index is 0.0658. The predicted molar refractivity (Wildman–Crippen MR) is 85.0 cm³/mol. The monoisotopic (exact) mass is 289 g/mol. The highest BCUT2D eigenvalue weighted by atomic mass is 16.3. The molecule has 3 heteroatoms. The van der Waals surface area contributed by atoms with Crippen LogP contribution in [0, 0.1) is 11.8 Å². The number of hydrogen-bond donors (Lipinski definition) is 1. The maximum atomic E-state index is 13.0. The number of aliphatic hydroxyl groups excluding tert-OH is 1. The van der Waals surface area contributed by atoms with Crippen LogP contribution >= 0.6 is 0 Å². The molecule has 1 aliphatic heterocycles. The third-order valence-electron chi connectivity index (χ3n) is 4.86. The van der Waals surface area contributed by atoms with Crippen LogP contribution in [0.4, 0.5) is 0 Å². The normalized spacial score (nSPS) is 22.9. The van der Waals surface area contributed by atoms with Crippen molar-refractivity contribution in [2.45, 2.75) is 45.6 Å². The van der Waals surface area contributed by atoms with Gasteiger partial charge in [-0.25, -0.2) is 0 Å². The van der Waals surface area contributed by atoms with Gasteiger partial charge in [0, 0.05) is 19.0 Å². The van der Waals surface area contributed by atoms with Crippen molar-refractivity contribution in [3.63, 3.8) is 0 Å². The summed E-state index contributed by atoms with van der Waals surface area (Å²) in [6.07, 6.45) is 1.56. The van der Waals surface area contributed by atoms with Crippen LogP contribution in [-0.4, -0.2) is 35.1 Å². The minimum Gasteiger partial charge on any atom is -0.393 e. The van der Waals surface area contributed by atoms with E-state index in [4.69, 9.17) is 0 Å². The molecule has 1 aromatic carbocycles. The molecule has 0 aromatic heterocycles. The van der Waals surface area contributed by atoms with Gasteiger partial charge >= 0.3 is 0 Å². The first-order valence-corrected chi connectivity index (χ1v) is 8.06. The molecule has 0 spiro atoms. The quantitative estimate of drug-likeness (QED) is 0.905. The summed E-state index contributed by atoms with van der Waals surface area (Å²) in [5.41, 5.74) is 1.11. The summed E-state index contributed by atoms with van der Waals surface area (Å²) in [7, 11) is 0. The van der Waals surface area contributed by atoms with Gasteiger partial charge in [0.25, 0.3) is 0 Å². The SMILES string of the molecule is CCC(C)C(C(=O)N1CCC(C(C)O)C1)c1ccccc1. The Hall–Kier alpha value is -1.35. The zero-order valence-electron chi connectivity index (χ0n) is 13.3. The Morgan fingerprint density at radius 1 is 1.33 bits per heavy atom. The number of carbonyl (C=O) groups is 1. The lowest BCUT2D eigenvalue weighted by Crippen LogP contribution is -2.36. The van der Waals surface area contributed by atoms with Crippen molar-refractivity contribution in [2.75, 3.05) is 13.1 Å². The van der Waals surface area contributed by atoms with Crippen LogP contribution in [0.25, 0.3) is 0 Å². The largest absolute Gasteiger partial charge is 0.393 e. The van der Waals surface area contributed by atoms with Crippen LogP contribution in [0.2, 0.25) is 0 Å². The van der Waals surface area contributed by atoms with Crippen molar-refractivity contribution >= 4 is 5.91 Å². The van der Waals surface area contributed by atoms with E-state index in [1.54, 1.807) is 0 Å². The van der Waals surface area contributed by atoms with Gasteiger partial charge in [-0.1, -0.05) is 50.6 Å². The van der Waals surface area contributed by atoms with Crippen molar-refractivity contribution < 1.29 is 9.90 Å². The fourth-order valence-electron chi connectivity index (χ4n) is 3.19. The first-order chi connectivity index (χ1) is 10.0. The smallest absolute Gasteiger partial charge is 0.230 e. The number of benzene rings is 1. The summed E-state index contributed by atoms with van der Waals surface area (Å²) in [4.78, 5) is 14.9. The van der Waals surface area contributed by atoms with E-state index in [1.165, 1.54) is 0 Å². The molecule has 4 atom stereocenters. The van der Waals surface area contributed by atoms with Crippen molar-refractivity contribution in [3.05, 3.63) is 35.9 Å². The Morgan fingerprint density at radius 2 is 2.00 bits per heavy atom. The molecule has 0 aliphatic carbocycles. The predicted octanol–water partition coefficient (Wildman–Crippen LogP) is 3.05. The van der Waals surface area contributed by atoms with Gasteiger partial charge < -0.3 is 10.0 Å². The van der Waals surface area contributed by atoms with E-state index >= 15 is 0 Å². The second kappa shape index (κ2) is 7.08. The molecule has 3 nitrogen and oxygen atoms in total. The van der Waals surface area contributed by atoms with E-state index in [9.17, 15) is 9.90 Å². The van der Waals surface area contributed by atoms with Crippen LogP contribution < -0.4 is 0 Å². The Kier molecular flexibility index (Phi) is 5.40. The third kappa shape index (κ3) is 3.65. The Morgan fingerprint density at radius 3 is 2.52 bits per heavy atom. The first kappa shape index (κ1) is 16.0. The number of hydrogen-bond acceptors (Lipinski definition) is 2. The number of carbonyl (C=O) groups excluding carboxylic acids is 1. The molecular formula is C18H27NO2. The standard InChI is InChI=1S/C18H27NO2/c1-4-13(2)17(15-8-6-5-7-9-15)18(21)19-11-10-16(12-19)14(3)20/h5-9,13-14,16-17,20H,4,10-12H2,1-3H3. The van der Waals surface area contributed by atoms with E-state index in [2.05, 4.69) is 26.0 Å². The fourth-order valence-corrected chi connectivity index (χ4v) is 3.19. The Labute approximate surface area is 128 Å². The van der Waals surface area contributed by atoms with Crippen LogP contribution in [0.15, 0.2) is 30.3 Å².